The van der Waals surface area contributed by atoms with Gasteiger partial charge in [-0.3, -0.25) is 9.59 Å². The van der Waals surface area contributed by atoms with Gasteiger partial charge in [-0.25, -0.2) is 0 Å². The van der Waals surface area contributed by atoms with Crippen LogP contribution >= 0.6 is 35.0 Å². The lowest BCUT2D eigenvalue weighted by Crippen LogP contribution is -2.52. The molecule has 3 aromatic rings. The molecule has 1 N–H and O–H groups in total. The molecule has 0 saturated heterocycles. The van der Waals surface area contributed by atoms with E-state index in [4.69, 9.17) is 23.2 Å². The van der Waals surface area contributed by atoms with E-state index >= 15 is 0 Å². The third-order valence-electron chi connectivity index (χ3n) is 5.69. The largest absolute Gasteiger partial charge is 0.352 e. The molecule has 0 aliphatic rings. The van der Waals surface area contributed by atoms with E-state index in [1.165, 1.54) is 11.8 Å². The van der Waals surface area contributed by atoms with Gasteiger partial charge in [0.2, 0.25) is 11.8 Å². The molecule has 0 aromatic heterocycles. The number of halogens is 2. The predicted molar refractivity (Wildman–Crippen MR) is 146 cm³/mol. The van der Waals surface area contributed by atoms with E-state index in [0.29, 0.717) is 16.5 Å². The van der Waals surface area contributed by atoms with Gasteiger partial charge in [-0.05, 0) is 60.9 Å². The monoisotopic (exact) mass is 528 g/mol. The maximum Gasteiger partial charge on any atom is 0.243 e. The van der Waals surface area contributed by atoms with Crippen molar-refractivity contribution in [3.63, 3.8) is 0 Å². The Kier molecular flexibility index (Phi) is 10.5. The normalized spacial score (nSPS) is 12.6. The first kappa shape index (κ1) is 27.1. The van der Waals surface area contributed by atoms with E-state index < -0.39 is 6.04 Å². The van der Waals surface area contributed by atoms with Crippen LogP contribution in [-0.4, -0.2) is 34.6 Å². The van der Waals surface area contributed by atoms with E-state index in [-0.39, 0.29) is 30.2 Å². The molecule has 2 amide bonds. The highest BCUT2D eigenvalue weighted by Gasteiger charge is 2.31. The molecule has 184 valence electrons. The van der Waals surface area contributed by atoms with Crippen LogP contribution in [0.1, 0.15) is 31.4 Å². The smallest absolute Gasteiger partial charge is 0.243 e. The van der Waals surface area contributed by atoms with E-state index in [1.807, 2.05) is 74.5 Å². The molecule has 0 bridgehead atoms. The zero-order valence-corrected chi connectivity index (χ0v) is 22.2. The van der Waals surface area contributed by atoms with E-state index in [1.54, 1.807) is 23.1 Å². The molecule has 0 spiro atoms. The molecule has 0 heterocycles. The molecule has 3 aromatic carbocycles. The number of rotatable bonds is 11. The van der Waals surface area contributed by atoms with Crippen LogP contribution in [0.2, 0.25) is 10.0 Å². The maximum absolute atomic E-state index is 13.6. The molecule has 0 radical (unpaired) electrons. The number of carbonyl (C=O) groups is 2. The lowest BCUT2D eigenvalue weighted by Gasteiger charge is -2.32. The number of carbonyl (C=O) groups excluding carboxylic acids is 2. The number of hydrogen-bond acceptors (Lipinski definition) is 3. The Balaban J connectivity index is 1.90. The maximum atomic E-state index is 13.6. The van der Waals surface area contributed by atoms with E-state index in [2.05, 4.69) is 5.32 Å². The molecular weight excluding hydrogens is 499 g/mol. The first-order valence-electron chi connectivity index (χ1n) is 11.6. The van der Waals surface area contributed by atoms with Crippen molar-refractivity contribution in [1.82, 2.24) is 10.2 Å². The number of nitrogens with zero attached hydrogens (tertiary/aromatic N) is 1. The minimum absolute atomic E-state index is 0.00679. The van der Waals surface area contributed by atoms with Gasteiger partial charge >= 0.3 is 0 Å². The van der Waals surface area contributed by atoms with Gasteiger partial charge in [0.05, 0.1) is 5.75 Å². The van der Waals surface area contributed by atoms with E-state index in [0.717, 1.165) is 22.4 Å². The second kappa shape index (κ2) is 13.6. The summed E-state index contributed by atoms with van der Waals surface area (Å²) in [6, 6.07) is 23.9. The highest BCUT2D eigenvalue weighted by atomic mass is 35.5. The summed E-state index contributed by atoms with van der Waals surface area (Å²) in [4.78, 5) is 29.7. The zero-order valence-electron chi connectivity index (χ0n) is 19.9. The van der Waals surface area contributed by atoms with Crippen molar-refractivity contribution >= 4 is 46.8 Å². The fraction of sp³-hybridized carbons (Fsp3) is 0.286. The van der Waals surface area contributed by atoms with Crippen LogP contribution in [0.25, 0.3) is 0 Å². The minimum Gasteiger partial charge on any atom is -0.352 e. The molecule has 0 saturated carbocycles. The third kappa shape index (κ3) is 8.60. The van der Waals surface area contributed by atoms with Crippen LogP contribution in [0.4, 0.5) is 0 Å². The lowest BCUT2D eigenvalue weighted by atomic mass is 10.0. The van der Waals surface area contributed by atoms with Gasteiger partial charge in [0.25, 0.3) is 0 Å². The number of amides is 2. The average molecular weight is 530 g/mol. The standard InChI is InChI=1S/C28H30Cl2N2O2S/c1-3-20(2)31-28(34)26(17-21-8-5-4-6-9-21)32(18-22-10-7-11-24(30)16-22)27(33)19-35-25-14-12-23(29)13-15-25/h4-16,20,26H,3,17-19H2,1-2H3,(H,31,34)/t20-,26-/m0/s1. The topological polar surface area (TPSA) is 49.4 Å². The van der Waals surface area contributed by atoms with Gasteiger partial charge in [0.15, 0.2) is 0 Å². The molecule has 3 rings (SSSR count). The molecule has 0 fully saturated rings. The Morgan fingerprint density at radius 3 is 2.26 bits per heavy atom. The minimum atomic E-state index is -0.663. The SMILES string of the molecule is CC[C@H](C)NC(=O)[C@H](Cc1ccccc1)N(Cc1cccc(Cl)c1)C(=O)CSc1ccc(Cl)cc1. The van der Waals surface area contributed by atoms with Gasteiger partial charge in [-0.15, -0.1) is 11.8 Å². The second-order valence-electron chi connectivity index (χ2n) is 8.42. The van der Waals surface area contributed by atoms with Gasteiger partial charge in [-0.2, -0.15) is 0 Å². The molecule has 4 nitrogen and oxygen atoms in total. The summed E-state index contributed by atoms with van der Waals surface area (Å²) >= 11 is 13.6. The van der Waals surface area contributed by atoms with Gasteiger partial charge in [-0.1, -0.05) is 72.6 Å². The Hall–Kier alpha value is -2.47. The van der Waals surface area contributed by atoms with Crippen LogP contribution in [0.3, 0.4) is 0 Å². The van der Waals surface area contributed by atoms with Crippen LogP contribution in [0.5, 0.6) is 0 Å². The molecule has 0 aliphatic carbocycles. The summed E-state index contributed by atoms with van der Waals surface area (Å²) in [5, 5.41) is 4.32. The number of hydrogen-bond donors (Lipinski definition) is 1. The van der Waals surface area contributed by atoms with Gasteiger partial charge in [0, 0.05) is 33.9 Å². The third-order valence-corrected chi connectivity index (χ3v) is 7.17. The fourth-order valence-corrected chi connectivity index (χ4v) is 4.71. The Bertz CT molecular complexity index is 1110. The van der Waals surface area contributed by atoms with Crippen molar-refractivity contribution < 1.29 is 9.59 Å². The van der Waals surface area contributed by atoms with Crippen molar-refractivity contribution in [2.75, 3.05) is 5.75 Å². The Labute approximate surface area is 222 Å². The summed E-state index contributed by atoms with van der Waals surface area (Å²) in [7, 11) is 0. The van der Waals surface area contributed by atoms with Crippen LogP contribution < -0.4 is 5.32 Å². The lowest BCUT2D eigenvalue weighted by molar-refractivity contribution is -0.139. The highest BCUT2D eigenvalue weighted by molar-refractivity contribution is 8.00. The van der Waals surface area contributed by atoms with Crippen molar-refractivity contribution in [3.05, 3.63) is 100 Å². The summed E-state index contributed by atoms with van der Waals surface area (Å²) < 4.78 is 0. The number of nitrogens with one attached hydrogen (secondary N) is 1. The summed E-state index contributed by atoms with van der Waals surface area (Å²) in [5.74, 6) is -0.0791. The van der Waals surface area contributed by atoms with Crippen molar-refractivity contribution in [3.8, 4) is 0 Å². The van der Waals surface area contributed by atoms with Crippen LogP contribution in [0, 0.1) is 0 Å². The number of thioether (sulfide) groups is 1. The summed E-state index contributed by atoms with van der Waals surface area (Å²) in [5.41, 5.74) is 1.86. The zero-order chi connectivity index (χ0) is 25.2. The Morgan fingerprint density at radius 1 is 0.914 bits per heavy atom. The molecule has 35 heavy (non-hydrogen) atoms. The van der Waals surface area contributed by atoms with Crippen molar-refractivity contribution in [2.24, 2.45) is 0 Å². The van der Waals surface area contributed by atoms with Crippen molar-refractivity contribution in [1.29, 1.82) is 0 Å². The summed E-state index contributed by atoms with van der Waals surface area (Å²) in [6.07, 6.45) is 1.22. The average Bonchev–Trinajstić information content (AvgIpc) is 2.86. The van der Waals surface area contributed by atoms with Crippen molar-refractivity contribution in [2.45, 2.75) is 50.2 Å². The molecule has 2 atom stereocenters. The van der Waals surface area contributed by atoms with Crippen LogP contribution in [0.15, 0.2) is 83.8 Å². The fourth-order valence-electron chi connectivity index (χ4n) is 3.59. The Morgan fingerprint density at radius 2 is 1.60 bits per heavy atom. The molecule has 0 aliphatic heterocycles. The number of benzene rings is 3. The first-order chi connectivity index (χ1) is 16.9. The van der Waals surface area contributed by atoms with Crippen LogP contribution in [-0.2, 0) is 22.6 Å². The van der Waals surface area contributed by atoms with Gasteiger partial charge in [0.1, 0.15) is 6.04 Å². The molecule has 0 unspecified atom stereocenters. The summed E-state index contributed by atoms with van der Waals surface area (Å²) in [6.45, 7) is 4.28. The molecule has 7 heteroatoms. The first-order valence-corrected chi connectivity index (χ1v) is 13.4. The molecular formula is C28H30Cl2N2O2S. The second-order valence-corrected chi connectivity index (χ2v) is 10.3. The van der Waals surface area contributed by atoms with E-state index in [9.17, 15) is 9.59 Å². The highest BCUT2D eigenvalue weighted by Crippen LogP contribution is 2.23. The van der Waals surface area contributed by atoms with Gasteiger partial charge < -0.3 is 10.2 Å². The quantitative estimate of drug-likeness (QED) is 0.283. The predicted octanol–water partition coefficient (Wildman–Crippen LogP) is 6.64.